The second kappa shape index (κ2) is 10.3. The average Bonchev–Trinajstić information content (AvgIpc) is 2.78. The van der Waals surface area contributed by atoms with Crippen molar-refractivity contribution in [3.05, 3.63) is 77.4 Å². The minimum Gasteiger partial charge on any atom is -0.398 e. The van der Waals surface area contributed by atoms with Crippen LogP contribution >= 0.6 is 0 Å². The number of carbonyl (C=O) groups excluding carboxylic acids is 2. The lowest BCUT2D eigenvalue weighted by Gasteiger charge is -2.16. The number of nitrogens with two attached hydrogens (primary N) is 3. The third-order valence-electron chi connectivity index (χ3n) is 5.07. The number of anilines is 2. The second-order valence-electron chi connectivity index (χ2n) is 7.66. The summed E-state index contributed by atoms with van der Waals surface area (Å²) < 4.78 is 24.9. The van der Waals surface area contributed by atoms with Crippen LogP contribution in [-0.2, 0) is 14.8 Å². The summed E-state index contributed by atoms with van der Waals surface area (Å²) in [4.78, 5) is 23.7. The molecular formula is C25H26N4O4S. The maximum absolute atomic E-state index is 12.5. The fourth-order valence-corrected chi connectivity index (χ4v) is 4.54. The molecule has 176 valence electrons. The van der Waals surface area contributed by atoms with Crippen molar-refractivity contribution < 1.29 is 18.0 Å². The van der Waals surface area contributed by atoms with Crippen LogP contribution in [0.4, 0.5) is 11.4 Å². The summed E-state index contributed by atoms with van der Waals surface area (Å²) >= 11 is 0. The molecule has 0 heterocycles. The number of hydrogen-bond donors (Lipinski definition) is 4. The zero-order chi connectivity index (χ0) is 24.9. The van der Waals surface area contributed by atoms with Crippen LogP contribution in [0.3, 0.4) is 0 Å². The molecule has 8 nitrogen and oxygen atoms in total. The summed E-state index contributed by atoms with van der Waals surface area (Å²) in [6, 6.07) is 17.6. The van der Waals surface area contributed by atoms with Gasteiger partial charge in [0, 0.05) is 17.7 Å². The Hall–Kier alpha value is -3.95. The highest BCUT2D eigenvalue weighted by Gasteiger charge is 2.26. The third-order valence-corrected chi connectivity index (χ3v) is 6.08. The largest absolute Gasteiger partial charge is 0.398 e. The number of carbonyl (C=O) groups is 2. The molecule has 0 spiro atoms. The zero-order valence-corrected chi connectivity index (χ0v) is 19.4. The first-order valence-corrected chi connectivity index (χ1v) is 12.1. The first-order valence-electron chi connectivity index (χ1n) is 10.5. The Bertz CT molecular complexity index is 1370. The number of rotatable bonds is 8. The quantitative estimate of drug-likeness (QED) is 0.287. The first-order chi connectivity index (χ1) is 16.1. The van der Waals surface area contributed by atoms with E-state index in [1.165, 1.54) is 6.08 Å². The minimum atomic E-state index is -4.35. The Morgan fingerprint density at radius 3 is 2.32 bits per heavy atom. The highest BCUT2D eigenvalue weighted by molar-refractivity contribution is 7.89. The Kier molecular flexibility index (Phi) is 7.50. The Morgan fingerprint density at radius 2 is 1.71 bits per heavy atom. The van der Waals surface area contributed by atoms with Gasteiger partial charge in [-0.25, -0.2) is 13.6 Å². The van der Waals surface area contributed by atoms with Gasteiger partial charge in [-0.3, -0.25) is 9.59 Å². The van der Waals surface area contributed by atoms with Crippen LogP contribution in [0.5, 0.6) is 0 Å². The van der Waals surface area contributed by atoms with E-state index >= 15 is 0 Å². The summed E-state index contributed by atoms with van der Waals surface area (Å²) in [5, 5.41) is 8.27. The third kappa shape index (κ3) is 5.69. The van der Waals surface area contributed by atoms with Gasteiger partial charge < -0.3 is 16.8 Å². The van der Waals surface area contributed by atoms with Crippen molar-refractivity contribution in [2.75, 3.05) is 11.1 Å². The van der Waals surface area contributed by atoms with Gasteiger partial charge in [0.15, 0.2) is 0 Å². The normalized spacial score (nSPS) is 11.5. The number of benzene rings is 3. The van der Waals surface area contributed by atoms with Gasteiger partial charge >= 0.3 is 0 Å². The van der Waals surface area contributed by atoms with Crippen LogP contribution in [-0.4, -0.2) is 20.2 Å². The van der Waals surface area contributed by atoms with E-state index in [1.807, 2.05) is 13.0 Å². The Morgan fingerprint density at radius 1 is 1.00 bits per heavy atom. The molecule has 0 saturated carbocycles. The number of sulfonamides is 1. The van der Waals surface area contributed by atoms with E-state index in [2.05, 4.69) is 5.32 Å². The highest BCUT2D eigenvalue weighted by atomic mass is 32.2. The predicted octanol–water partition coefficient (Wildman–Crippen LogP) is 3.59. The van der Waals surface area contributed by atoms with E-state index in [0.717, 1.165) is 6.42 Å². The smallest absolute Gasteiger partial charge is 0.252 e. The van der Waals surface area contributed by atoms with Gasteiger partial charge in [0.1, 0.15) is 4.90 Å². The lowest BCUT2D eigenvalue weighted by molar-refractivity contribution is -0.116. The number of nitrogen functional groups attached to an aromatic ring is 1. The molecule has 0 saturated heterocycles. The standard InChI is InChI=1S/C25H26N4O4S/c1-2-7-21(30)29-19-11-6-8-16(14-19)12-13-18-15-20(17-9-4-3-5-10-17)23(26)22(25(27)31)24(18)34(28,32)33/h3-6,8-15H,2,7,26H2,1H3,(H2,27,31)(H,29,30)(H2,28,32,33)/b13-12+. The molecule has 0 aliphatic heterocycles. The van der Waals surface area contributed by atoms with E-state index in [4.69, 9.17) is 16.6 Å². The number of primary sulfonamides is 1. The van der Waals surface area contributed by atoms with E-state index in [-0.39, 0.29) is 22.7 Å². The van der Waals surface area contributed by atoms with Gasteiger partial charge in [-0.2, -0.15) is 0 Å². The van der Waals surface area contributed by atoms with Crippen molar-refractivity contribution in [3.8, 4) is 11.1 Å². The number of primary amides is 1. The van der Waals surface area contributed by atoms with Crippen LogP contribution < -0.4 is 21.9 Å². The Labute approximate surface area is 198 Å². The van der Waals surface area contributed by atoms with Gasteiger partial charge in [-0.15, -0.1) is 0 Å². The molecule has 0 atom stereocenters. The zero-order valence-electron chi connectivity index (χ0n) is 18.6. The molecule has 2 amide bonds. The van der Waals surface area contributed by atoms with Gasteiger partial charge in [0.25, 0.3) is 5.91 Å². The highest BCUT2D eigenvalue weighted by Crippen LogP contribution is 2.36. The van der Waals surface area contributed by atoms with Crippen LogP contribution in [0.2, 0.25) is 0 Å². The topological polar surface area (TPSA) is 158 Å². The molecule has 0 radical (unpaired) electrons. The molecular weight excluding hydrogens is 452 g/mol. The summed E-state index contributed by atoms with van der Waals surface area (Å²) in [6.45, 7) is 1.92. The van der Waals surface area contributed by atoms with Crippen molar-refractivity contribution in [3.63, 3.8) is 0 Å². The lowest BCUT2D eigenvalue weighted by atomic mass is 9.96. The molecule has 0 aromatic heterocycles. The molecule has 0 unspecified atom stereocenters. The van der Waals surface area contributed by atoms with Crippen molar-refractivity contribution >= 4 is 45.4 Å². The average molecular weight is 479 g/mol. The van der Waals surface area contributed by atoms with Crippen LogP contribution in [0.15, 0.2) is 65.6 Å². The molecule has 3 aromatic rings. The van der Waals surface area contributed by atoms with Crippen molar-refractivity contribution in [1.29, 1.82) is 0 Å². The Balaban J connectivity index is 2.16. The molecule has 3 rings (SSSR count). The van der Waals surface area contributed by atoms with E-state index < -0.39 is 20.8 Å². The lowest BCUT2D eigenvalue weighted by Crippen LogP contribution is -2.23. The van der Waals surface area contributed by atoms with Crippen molar-refractivity contribution in [1.82, 2.24) is 0 Å². The van der Waals surface area contributed by atoms with Gasteiger partial charge in [-0.05, 0) is 41.3 Å². The van der Waals surface area contributed by atoms with Crippen molar-refractivity contribution in [2.24, 2.45) is 10.9 Å². The molecule has 3 aromatic carbocycles. The molecule has 0 bridgehead atoms. The van der Waals surface area contributed by atoms with E-state index in [0.29, 0.717) is 28.8 Å². The minimum absolute atomic E-state index is 0.0690. The van der Waals surface area contributed by atoms with Crippen LogP contribution in [0, 0.1) is 0 Å². The fourth-order valence-electron chi connectivity index (χ4n) is 3.59. The number of hydrogen-bond acceptors (Lipinski definition) is 5. The maximum Gasteiger partial charge on any atom is 0.252 e. The molecule has 34 heavy (non-hydrogen) atoms. The predicted molar refractivity (Wildman–Crippen MR) is 135 cm³/mol. The van der Waals surface area contributed by atoms with Gasteiger partial charge in [0.2, 0.25) is 15.9 Å². The fraction of sp³-hybridized carbons (Fsp3) is 0.120. The SMILES string of the molecule is CCCC(=O)Nc1cccc(/C=C/c2cc(-c3ccccc3)c(N)c(C(N)=O)c2S(N)(=O)=O)c1. The first kappa shape index (κ1) is 24.7. The number of nitrogens with one attached hydrogen (secondary N) is 1. The van der Waals surface area contributed by atoms with Crippen molar-refractivity contribution in [2.45, 2.75) is 24.7 Å². The second-order valence-corrected chi connectivity index (χ2v) is 9.16. The molecule has 0 aliphatic carbocycles. The van der Waals surface area contributed by atoms with E-state index in [1.54, 1.807) is 60.7 Å². The summed E-state index contributed by atoms with van der Waals surface area (Å²) in [7, 11) is -4.35. The summed E-state index contributed by atoms with van der Waals surface area (Å²) in [5.41, 5.74) is 13.9. The monoisotopic (exact) mass is 478 g/mol. The summed E-state index contributed by atoms with van der Waals surface area (Å²) in [6.07, 6.45) is 4.30. The van der Waals surface area contributed by atoms with Gasteiger partial charge in [0.05, 0.1) is 11.3 Å². The van der Waals surface area contributed by atoms with Crippen LogP contribution in [0.1, 0.15) is 41.3 Å². The van der Waals surface area contributed by atoms with Crippen LogP contribution in [0.25, 0.3) is 23.3 Å². The molecule has 9 heteroatoms. The summed E-state index contributed by atoms with van der Waals surface area (Å²) in [5.74, 6) is -1.10. The maximum atomic E-state index is 12.5. The molecule has 0 fully saturated rings. The van der Waals surface area contributed by atoms with E-state index in [9.17, 15) is 18.0 Å². The van der Waals surface area contributed by atoms with Gasteiger partial charge in [-0.1, -0.05) is 61.5 Å². The molecule has 7 N–H and O–H groups in total. The number of amides is 2. The molecule has 0 aliphatic rings.